The molecule has 0 rings (SSSR count). The van der Waals surface area contributed by atoms with Gasteiger partial charge in [0.1, 0.15) is 0 Å². The van der Waals surface area contributed by atoms with Gasteiger partial charge in [-0.3, -0.25) is 0 Å². The standard InChI is InChI=1S/C3H8O2.C2H4F3N/c1-5-3-2-4;3-2(4,5)1-6/h4H,2-3H2,1H3;1,6H2. The highest BCUT2D eigenvalue weighted by Crippen LogP contribution is 2.10. The van der Waals surface area contributed by atoms with Crippen LogP contribution in [0.25, 0.3) is 0 Å². The lowest BCUT2D eigenvalue weighted by atomic mass is 10.7. The predicted molar refractivity (Wildman–Crippen MR) is 34.1 cm³/mol. The van der Waals surface area contributed by atoms with E-state index in [0.29, 0.717) is 6.61 Å². The van der Waals surface area contributed by atoms with Crippen molar-refractivity contribution in [2.75, 3.05) is 26.9 Å². The number of methoxy groups -OCH3 is 1. The van der Waals surface area contributed by atoms with Crippen molar-refractivity contribution >= 4 is 0 Å². The minimum absolute atomic E-state index is 0.122. The van der Waals surface area contributed by atoms with Crippen LogP contribution in [0.2, 0.25) is 0 Å². The average Bonchev–Trinajstić information content (AvgIpc) is 1.90. The predicted octanol–water partition coefficient (Wildman–Crippen LogP) is 0.133. The van der Waals surface area contributed by atoms with Crippen LogP contribution >= 0.6 is 0 Å². The Kier molecular flexibility index (Phi) is 9.38. The summed E-state index contributed by atoms with van der Waals surface area (Å²) in [4.78, 5) is 0. The zero-order chi connectivity index (χ0) is 9.33. The van der Waals surface area contributed by atoms with Gasteiger partial charge in [-0.2, -0.15) is 13.2 Å². The summed E-state index contributed by atoms with van der Waals surface area (Å²) in [6.45, 7) is -0.663. The van der Waals surface area contributed by atoms with Crippen LogP contribution in [0, 0.1) is 0 Å². The number of rotatable bonds is 2. The van der Waals surface area contributed by atoms with Crippen molar-refractivity contribution in [1.82, 2.24) is 0 Å². The quantitative estimate of drug-likeness (QED) is 0.627. The lowest BCUT2D eigenvalue weighted by Gasteiger charge is -1.96. The highest BCUT2D eigenvalue weighted by molar-refractivity contribution is 4.44. The molecule has 0 unspecified atom stereocenters. The van der Waals surface area contributed by atoms with E-state index in [1.165, 1.54) is 0 Å². The van der Waals surface area contributed by atoms with Gasteiger partial charge in [-0.15, -0.1) is 0 Å². The molecule has 0 saturated heterocycles. The summed E-state index contributed by atoms with van der Waals surface area (Å²) in [6.07, 6.45) is -4.18. The fourth-order valence-corrected chi connectivity index (χ4v) is 0.0913. The number of aliphatic hydroxyl groups excluding tert-OH is 1. The van der Waals surface area contributed by atoms with Gasteiger partial charge in [0, 0.05) is 7.11 Å². The van der Waals surface area contributed by atoms with Gasteiger partial charge in [-0.05, 0) is 0 Å². The Bertz CT molecular complexity index is 74.6. The maximum absolute atomic E-state index is 10.7. The van der Waals surface area contributed by atoms with E-state index in [0.717, 1.165) is 0 Å². The molecule has 6 heteroatoms. The molecule has 0 radical (unpaired) electrons. The topological polar surface area (TPSA) is 55.5 Å². The van der Waals surface area contributed by atoms with Gasteiger partial charge in [0.2, 0.25) is 0 Å². The SMILES string of the molecule is COCCO.NCC(F)(F)F. The molecule has 0 saturated carbocycles. The average molecular weight is 175 g/mol. The van der Waals surface area contributed by atoms with Crippen molar-refractivity contribution in [3.05, 3.63) is 0 Å². The summed E-state index contributed by atoms with van der Waals surface area (Å²) in [7, 11) is 1.55. The number of halogens is 3. The molecular weight excluding hydrogens is 163 g/mol. The molecule has 0 aliphatic heterocycles. The summed E-state index contributed by atoms with van der Waals surface area (Å²) < 4.78 is 36.4. The number of alkyl halides is 3. The lowest BCUT2D eigenvalue weighted by Crippen LogP contribution is -2.21. The Morgan fingerprint density at radius 1 is 1.45 bits per heavy atom. The smallest absolute Gasteiger partial charge is 0.394 e. The Balaban J connectivity index is 0. The fourth-order valence-electron chi connectivity index (χ4n) is 0.0913. The van der Waals surface area contributed by atoms with Crippen LogP contribution < -0.4 is 5.73 Å². The molecule has 0 fully saturated rings. The molecule has 0 aromatic heterocycles. The van der Waals surface area contributed by atoms with Crippen LogP contribution in [0.4, 0.5) is 13.2 Å². The van der Waals surface area contributed by atoms with Gasteiger partial charge < -0.3 is 15.6 Å². The largest absolute Gasteiger partial charge is 0.400 e. The zero-order valence-corrected chi connectivity index (χ0v) is 6.19. The molecule has 3 N–H and O–H groups in total. The minimum atomic E-state index is -4.18. The summed E-state index contributed by atoms with van der Waals surface area (Å²) in [5.41, 5.74) is 4.18. The first kappa shape index (κ1) is 13.3. The second-order valence-corrected chi connectivity index (χ2v) is 1.54. The van der Waals surface area contributed by atoms with Crippen LogP contribution in [-0.2, 0) is 4.74 Å². The molecule has 70 valence electrons. The number of ether oxygens (including phenoxy) is 1. The maximum Gasteiger partial charge on any atom is 0.400 e. The van der Waals surface area contributed by atoms with Crippen molar-refractivity contribution in [3.8, 4) is 0 Å². The van der Waals surface area contributed by atoms with Gasteiger partial charge >= 0.3 is 6.18 Å². The van der Waals surface area contributed by atoms with E-state index in [1.807, 2.05) is 0 Å². The van der Waals surface area contributed by atoms with Gasteiger partial charge in [0.05, 0.1) is 19.8 Å². The zero-order valence-electron chi connectivity index (χ0n) is 6.19. The monoisotopic (exact) mass is 175 g/mol. The molecule has 0 aliphatic carbocycles. The van der Waals surface area contributed by atoms with Crippen molar-refractivity contribution in [3.63, 3.8) is 0 Å². The van der Waals surface area contributed by atoms with Crippen LogP contribution in [-0.4, -0.2) is 38.2 Å². The first-order chi connectivity index (χ1) is 4.97. The minimum Gasteiger partial charge on any atom is -0.394 e. The Morgan fingerprint density at radius 2 is 1.82 bits per heavy atom. The first-order valence-electron chi connectivity index (χ1n) is 2.84. The molecule has 0 aromatic carbocycles. The van der Waals surface area contributed by atoms with Crippen LogP contribution in [0.15, 0.2) is 0 Å². The van der Waals surface area contributed by atoms with E-state index >= 15 is 0 Å². The third kappa shape index (κ3) is 26.1. The molecule has 0 aliphatic rings. The second-order valence-electron chi connectivity index (χ2n) is 1.54. The second kappa shape index (κ2) is 7.77. The van der Waals surface area contributed by atoms with E-state index in [1.54, 1.807) is 7.11 Å². The molecule has 11 heavy (non-hydrogen) atoms. The Labute approximate surface area is 62.9 Å². The van der Waals surface area contributed by atoms with E-state index in [4.69, 9.17) is 5.11 Å². The first-order valence-corrected chi connectivity index (χ1v) is 2.84. The fraction of sp³-hybridized carbons (Fsp3) is 1.00. The Hall–Kier alpha value is -0.330. The summed E-state index contributed by atoms with van der Waals surface area (Å²) in [6, 6.07) is 0. The number of hydrogen-bond donors (Lipinski definition) is 2. The number of aliphatic hydroxyl groups is 1. The molecule has 3 nitrogen and oxygen atoms in total. The third-order valence-corrected chi connectivity index (χ3v) is 0.527. The van der Waals surface area contributed by atoms with Crippen LogP contribution in [0.1, 0.15) is 0 Å². The van der Waals surface area contributed by atoms with E-state index in [9.17, 15) is 13.2 Å². The lowest BCUT2D eigenvalue weighted by molar-refractivity contribution is -0.118. The van der Waals surface area contributed by atoms with Gasteiger partial charge in [0.15, 0.2) is 0 Å². The van der Waals surface area contributed by atoms with Crippen molar-refractivity contribution in [1.29, 1.82) is 0 Å². The summed E-state index contributed by atoms with van der Waals surface area (Å²) in [5, 5.41) is 7.94. The van der Waals surface area contributed by atoms with Crippen molar-refractivity contribution in [2.45, 2.75) is 6.18 Å². The van der Waals surface area contributed by atoms with Crippen LogP contribution in [0.5, 0.6) is 0 Å². The maximum atomic E-state index is 10.7. The normalized spacial score (nSPS) is 10.4. The third-order valence-electron chi connectivity index (χ3n) is 0.527. The van der Waals surface area contributed by atoms with Gasteiger partial charge in [-0.25, -0.2) is 0 Å². The molecule has 0 atom stereocenters. The highest BCUT2D eigenvalue weighted by atomic mass is 19.4. The number of nitrogens with two attached hydrogens (primary N) is 1. The van der Waals surface area contributed by atoms with Crippen molar-refractivity contribution < 1.29 is 23.0 Å². The van der Waals surface area contributed by atoms with E-state index in [-0.39, 0.29) is 6.61 Å². The molecule has 0 aromatic rings. The van der Waals surface area contributed by atoms with Gasteiger partial charge in [0.25, 0.3) is 0 Å². The molecule has 0 heterocycles. The van der Waals surface area contributed by atoms with Crippen LogP contribution in [0.3, 0.4) is 0 Å². The molecule has 0 amide bonds. The summed E-state index contributed by atoms with van der Waals surface area (Å²) in [5.74, 6) is 0. The van der Waals surface area contributed by atoms with Crippen molar-refractivity contribution in [2.24, 2.45) is 5.73 Å². The molecule has 0 spiro atoms. The molecule has 0 bridgehead atoms. The highest BCUT2D eigenvalue weighted by Gasteiger charge is 2.23. The number of hydrogen-bond acceptors (Lipinski definition) is 3. The van der Waals surface area contributed by atoms with Gasteiger partial charge in [-0.1, -0.05) is 0 Å². The van der Waals surface area contributed by atoms with E-state index in [2.05, 4.69) is 10.5 Å². The Morgan fingerprint density at radius 3 is 1.82 bits per heavy atom. The van der Waals surface area contributed by atoms with E-state index < -0.39 is 12.7 Å². The molecular formula is C5H12F3NO2. The summed E-state index contributed by atoms with van der Waals surface area (Å²) >= 11 is 0.